The maximum atomic E-state index is 14.4. The fourth-order valence-corrected chi connectivity index (χ4v) is 3.49. The van der Waals surface area contributed by atoms with E-state index in [1.807, 2.05) is 19.9 Å². The third-order valence-corrected chi connectivity index (χ3v) is 4.66. The molecule has 0 aliphatic carbocycles. The molecule has 0 aromatic heterocycles. The van der Waals surface area contributed by atoms with Crippen molar-refractivity contribution in [2.45, 2.75) is 32.0 Å². The van der Waals surface area contributed by atoms with Crippen LogP contribution in [0.2, 0.25) is 0 Å². The van der Waals surface area contributed by atoms with Crippen LogP contribution in [0.25, 0.3) is 5.70 Å². The van der Waals surface area contributed by atoms with Gasteiger partial charge in [-0.2, -0.15) is 22.8 Å². The first-order valence-corrected chi connectivity index (χ1v) is 8.56. The summed E-state index contributed by atoms with van der Waals surface area (Å²) in [5.74, 6) is -1.85. The van der Waals surface area contributed by atoms with E-state index in [2.05, 4.69) is 10.1 Å². The number of hydrogen-bond donors (Lipinski definition) is 1. The summed E-state index contributed by atoms with van der Waals surface area (Å²) in [6.45, 7) is 3.70. The molecule has 0 bridgehead atoms. The van der Waals surface area contributed by atoms with Crippen molar-refractivity contribution >= 4 is 23.4 Å². The second-order valence-electron chi connectivity index (χ2n) is 6.40. The molecule has 1 aromatic rings. The Balaban J connectivity index is 2.61. The number of nitrogens with zero attached hydrogens (tertiary/aromatic N) is 1. The summed E-state index contributed by atoms with van der Waals surface area (Å²) in [6, 6.07) is 8.77. The maximum Gasteiger partial charge on any atom is 0.426 e. The molecule has 1 aliphatic rings. The predicted octanol–water partition coefficient (Wildman–Crippen LogP) is 4.45. The number of benzene rings is 1. The summed E-state index contributed by atoms with van der Waals surface area (Å²) in [5, 5.41) is 10.7. The third-order valence-electron chi connectivity index (χ3n) is 3.77. The minimum Gasteiger partial charge on any atom is -0.465 e. The lowest BCUT2D eigenvalue weighted by atomic mass is 9.86. The van der Waals surface area contributed by atoms with Crippen molar-refractivity contribution in [2.75, 3.05) is 7.11 Å². The van der Waals surface area contributed by atoms with E-state index in [1.165, 1.54) is 0 Å². The number of ether oxygens (including phenoxy) is 1. The Morgan fingerprint density at radius 1 is 1.33 bits per heavy atom. The van der Waals surface area contributed by atoms with Crippen molar-refractivity contribution in [1.29, 1.82) is 5.26 Å². The minimum atomic E-state index is -5.26. The van der Waals surface area contributed by atoms with Crippen LogP contribution in [0.15, 0.2) is 39.9 Å². The molecule has 0 fully saturated rings. The SMILES string of the molecule is COC(=O)/C(=C(/F)S/C(C#N)=C1\NC(C)(C)Cc2ccccc21)C(F)(F)F. The number of rotatable bonds is 3. The van der Waals surface area contributed by atoms with Crippen LogP contribution in [0.1, 0.15) is 25.0 Å². The largest absolute Gasteiger partial charge is 0.465 e. The summed E-state index contributed by atoms with van der Waals surface area (Å²) >= 11 is -0.0576. The zero-order chi connectivity index (χ0) is 20.4. The Morgan fingerprint density at radius 3 is 2.52 bits per heavy atom. The molecule has 27 heavy (non-hydrogen) atoms. The number of halogens is 4. The van der Waals surface area contributed by atoms with E-state index in [-0.39, 0.29) is 22.4 Å². The smallest absolute Gasteiger partial charge is 0.426 e. The molecular formula is C18H16F4N2O2S. The monoisotopic (exact) mass is 400 g/mol. The quantitative estimate of drug-likeness (QED) is 0.352. The van der Waals surface area contributed by atoms with Gasteiger partial charge in [0.2, 0.25) is 0 Å². The fourth-order valence-electron chi connectivity index (χ4n) is 2.70. The van der Waals surface area contributed by atoms with E-state index in [1.54, 1.807) is 24.3 Å². The van der Waals surface area contributed by atoms with E-state index in [4.69, 9.17) is 0 Å². The first kappa shape index (κ1) is 20.8. The van der Waals surface area contributed by atoms with Gasteiger partial charge in [0.1, 0.15) is 11.0 Å². The molecule has 1 aliphatic heterocycles. The molecule has 1 heterocycles. The van der Waals surface area contributed by atoms with Crippen molar-refractivity contribution in [3.63, 3.8) is 0 Å². The molecule has 2 rings (SSSR count). The zero-order valence-electron chi connectivity index (χ0n) is 14.7. The minimum absolute atomic E-state index is 0.0576. The molecule has 0 radical (unpaired) electrons. The molecule has 1 aromatic carbocycles. The lowest BCUT2D eigenvalue weighted by Crippen LogP contribution is -2.44. The molecule has 0 saturated carbocycles. The molecule has 0 spiro atoms. The number of fused-ring (bicyclic) bond motifs is 1. The fraction of sp³-hybridized carbons (Fsp3) is 0.333. The van der Waals surface area contributed by atoms with Crippen molar-refractivity contribution in [1.82, 2.24) is 5.32 Å². The van der Waals surface area contributed by atoms with Gasteiger partial charge < -0.3 is 10.1 Å². The lowest BCUT2D eigenvalue weighted by molar-refractivity contribution is -0.148. The van der Waals surface area contributed by atoms with Crippen LogP contribution in [-0.4, -0.2) is 24.8 Å². The highest BCUT2D eigenvalue weighted by atomic mass is 32.2. The molecule has 1 N–H and O–H groups in total. The van der Waals surface area contributed by atoms with Crippen molar-refractivity contribution in [3.05, 3.63) is 51.0 Å². The van der Waals surface area contributed by atoms with Crippen LogP contribution in [0.5, 0.6) is 0 Å². The molecular weight excluding hydrogens is 384 g/mol. The average molecular weight is 400 g/mol. The summed E-state index contributed by atoms with van der Waals surface area (Å²) in [4.78, 5) is 11.1. The van der Waals surface area contributed by atoms with E-state index >= 15 is 0 Å². The van der Waals surface area contributed by atoms with Gasteiger partial charge in [0.25, 0.3) is 0 Å². The Hall–Kier alpha value is -2.47. The van der Waals surface area contributed by atoms with Crippen LogP contribution in [-0.2, 0) is 16.0 Å². The molecule has 0 amide bonds. The van der Waals surface area contributed by atoms with Gasteiger partial charge in [0.05, 0.1) is 12.8 Å². The van der Waals surface area contributed by atoms with Crippen LogP contribution in [0, 0.1) is 11.3 Å². The van der Waals surface area contributed by atoms with Gasteiger partial charge in [-0.25, -0.2) is 4.79 Å². The van der Waals surface area contributed by atoms with Crippen LogP contribution >= 0.6 is 11.8 Å². The number of carbonyl (C=O) groups is 1. The number of nitrogens with one attached hydrogen (secondary N) is 1. The summed E-state index contributed by atoms with van der Waals surface area (Å²) in [7, 11) is 0.719. The second kappa shape index (κ2) is 7.64. The molecule has 144 valence electrons. The standard InChI is InChI=1S/C18H16F4N2O2S/c1-17(2)8-10-6-4-5-7-11(10)14(24-17)12(9-23)27-15(19)13(16(25)26-3)18(20,21)22/h4-7,24H,8H2,1-3H3/b14-12-,15-13+. The van der Waals surface area contributed by atoms with Gasteiger partial charge in [-0.15, -0.1) is 0 Å². The molecule has 9 heteroatoms. The summed E-state index contributed by atoms with van der Waals surface area (Å²) < 4.78 is 57.5. The highest BCUT2D eigenvalue weighted by Gasteiger charge is 2.44. The maximum absolute atomic E-state index is 14.4. The molecule has 0 saturated heterocycles. The Kier molecular flexibility index (Phi) is 5.90. The number of allylic oxidation sites excluding steroid dienone is 1. The first-order valence-electron chi connectivity index (χ1n) is 7.74. The lowest BCUT2D eigenvalue weighted by Gasteiger charge is -2.36. The summed E-state index contributed by atoms with van der Waals surface area (Å²) in [5.41, 5.74) is -0.886. The number of hydrogen-bond acceptors (Lipinski definition) is 5. The average Bonchev–Trinajstić information content (AvgIpc) is 2.56. The normalized spacial score (nSPS) is 18.4. The van der Waals surface area contributed by atoms with Gasteiger partial charge in [0.15, 0.2) is 10.7 Å². The van der Waals surface area contributed by atoms with Gasteiger partial charge >= 0.3 is 12.1 Å². The first-order chi connectivity index (χ1) is 12.5. The number of thioether (sulfide) groups is 1. The zero-order valence-corrected chi connectivity index (χ0v) is 15.5. The Bertz CT molecular complexity index is 867. The van der Waals surface area contributed by atoms with Crippen molar-refractivity contribution in [2.24, 2.45) is 0 Å². The highest BCUT2D eigenvalue weighted by Crippen LogP contribution is 2.41. The predicted molar refractivity (Wildman–Crippen MR) is 93.7 cm³/mol. The van der Waals surface area contributed by atoms with Crippen molar-refractivity contribution in [3.8, 4) is 6.07 Å². The van der Waals surface area contributed by atoms with E-state index in [9.17, 15) is 27.6 Å². The number of carbonyl (C=O) groups excluding carboxylic acids is 1. The summed E-state index contributed by atoms with van der Waals surface area (Å²) in [6.07, 6.45) is -4.64. The van der Waals surface area contributed by atoms with Gasteiger partial charge in [-0.05, 0) is 37.6 Å². The van der Waals surface area contributed by atoms with E-state index < -0.39 is 28.4 Å². The molecule has 0 atom stereocenters. The molecule has 4 nitrogen and oxygen atoms in total. The number of alkyl halides is 3. The second-order valence-corrected chi connectivity index (χ2v) is 7.37. The topological polar surface area (TPSA) is 62.1 Å². The number of nitriles is 1. The van der Waals surface area contributed by atoms with E-state index in [0.717, 1.165) is 12.7 Å². The van der Waals surface area contributed by atoms with Crippen molar-refractivity contribution < 1.29 is 27.1 Å². The van der Waals surface area contributed by atoms with Gasteiger partial charge in [-0.3, -0.25) is 0 Å². The number of esters is 1. The highest BCUT2D eigenvalue weighted by molar-refractivity contribution is 8.07. The van der Waals surface area contributed by atoms with Crippen LogP contribution in [0.4, 0.5) is 17.6 Å². The Morgan fingerprint density at radius 2 is 1.96 bits per heavy atom. The molecule has 0 unspecified atom stereocenters. The Labute approximate surface area is 157 Å². The van der Waals surface area contributed by atoms with E-state index in [0.29, 0.717) is 12.0 Å². The van der Waals surface area contributed by atoms with Gasteiger partial charge in [-0.1, -0.05) is 24.3 Å². The third kappa shape index (κ3) is 4.63. The van der Waals surface area contributed by atoms with Crippen LogP contribution < -0.4 is 5.32 Å². The van der Waals surface area contributed by atoms with Crippen LogP contribution in [0.3, 0.4) is 0 Å². The number of methoxy groups -OCH3 is 1. The van der Waals surface area contributed by atoms with Gasteiger partial charge in [0, 0.05) is 11.1 Å².